The highest BCUT2D eigenvalue weighted by molar-refractivity contribution is 6.33. The van der Waals surface area contributed by atoms with E-state index in [0.29, 0.717) is 33.2 Å². The van der Waals surface area contributed by atoms with Crippen LogP contribution in [0.5, 0.6) is 17.2 Å². The summed E-state index contributed by atoms with van der Waals surface area (Å²) in [5.41, 5.74) is 2.92. The van der Waals surface area contributed by atoms with Gasteiger partial charge in [-0.25, -0.2) is 4.79 Å². The fourth-order valence-corrected chi connectivity index (χ4v) is 6.54. The molecule has 0 unspecified atom stereocenters. The van der Waals surface area contributed by atoms with Gasteiger partial charge in [0.25, 0.3) is 0 Å². The van der Waals surface area contributed by atoms with Crippen molar-refractivity contribution in [1.29, 1.82) is 0 Å². The summed E-state index contributed by atoms with van der Waals surface area (Å²) in [5.74, 6) is -4.18. The topological polar surface area (TPSA) is 210 Å². The van der Waals surface area contributed by atoms with Gasteiger partial charge in [0.1, 0.15) is 41.8 Å². The van der Waals surface area contributed by atoms with Gasteiger partial charge in [-0.15, -0.1) is 0 Å². The average Bonchev–Trinajstić information content (AvgIpc) is 3.10. The number of carbonyl (C=O) groups is 4. The fraction of sp³-hybridized carbons (Fsp3) is 0.256. The van der Waals surface area contributed by atoms with E-state index in [-0.39, 0.29) is 64.1 Å². The second-order valence-electron chi connectivity index (χ2n) is 12.6. The Morgan fingerprint density at radius 2 is 1.49 bits per heavy atom. The van der Waals surface area contributed by atoms with Gasteiger partial charge in [-0.3, -0.25) is 24.1 Å². The number of hydrogen-bond acceptors (Lipinski definition) is 10. The standard InChI is InChI=1S/C39H35Cl2NO13/c1-19-4-5-22(21(12-36(47)48)13-37(49)50)31(10-19)53-8-9-54-34-16-23(20(2)11-28(34)42(39(51)52-3)7-6-35(45)46)38-24-14-26(40)29(43)17-32(24)55-33-18-30(44)27(41)15-25(33)38/h4-5,10-11,14-18,21,43H,6-9,12-13H2,1-3H3,(H,45,46)(H,47,48)(H,49,50). The Labute approximate surface area is 323 Å². The Kier molecular flexibility index (Phi) is 12.4. The molecule has 3 aromatic rings. The first-order chi connectivity index (χ1) is 26.1. The van der Waals surface area contributed by atoms with Gasteiger partial charge in [0, 0.05) is 41.1 Å². The molecular weight excluding hydrogens is 761 g/mol. The van der Waals surface area contributed by atoms with E-state index in [4.69, 9.17) is 41.8 Å². The third-order valence-electron chi connectivity index (χ3n) is 8.70. The summed E-state index contributed by atoms with van der Waals surface area (Å²) in [7, 11) is 1.14. The molecule has 0 saturated carbocycles. The smallest absolute Gasteiger partial charge is 0.414 e. The van der Waals surface area contributed by atoms with Crippen molar-refractivity contribution in [2.75, 3.05) is 31.8 Å². The predicted molar refractivity (Wildman–Crippen MR) is 202 cm³/mol. The molecule has 0 spiro atoms. The van der Waals surface area contributed by atoms with Crippen molar-refractivity contribution in [2.45, 2.75) is 39.0 Å². The van der Waals surface area contributed by atoms with Crippen molar-refractivity contribution in [1.82, 2.24) is 0 Å². The van der Waals surface area contributed by atoms with Gasteiger partial charge in [0.2, 0.25) is 5.43 Å². The van der Waals surface area contributed by atoms with E-state index in [2.05, 4.69) is 0 Å². The number of carboxylic acid groups (broad SMARTS) is 3. The molecule has 1 amide bonds. The van der Waals surface area contributed by atoms with Crippen LogP contribution in [-0.4, -0.2) is 71.3 Å². The molecule has 0 aromatic heterocycles. The number of amides is 1. The highest BCUT2D eigenvalue weighted by Crippen LogP contribution is 2.47. The van der Waals surface area contributed by atoms with Crippen LogP contribution < -0.4 is 19.8 Å². The first kappa shape index (κ1) is 40.2. The maximum absolute atomic E-state index is 13.1. The Balaban J connectivity index is 1.62. The number of ether oxygens (including phenoxy) is 3. The molecule has 16 heteroatoms. The third-order valence-corrected chi connectivity index (χ3v) is 9.30. The molecule has 1 aliphatic heterocycles. The molecule has 288 valence electrons. The number of anilines is 1. The normalized spacial score (nSPS) is 11.2. The van der Waals surface area contributed by atoms with Gasteiger partial charge in [-0.1, -0.05) is 35.3 Å². The zero-order valence-corrected chi connectivity index (χ0v) is 31.2. The number of benzene rings is 4. The number of carbonyl (C=O) groups excluding carboxylic acids is 1. The first-order valence-electron chi connectivity index (χ1n) is 16.7. The zero-order valence-electron chi connectivity index (χ0n) is 29.7. The van der Waals surface area contributed by atoms with E-state index in [1.165, 1.54) is 24.3 Å². The molecule has 0 atom stereocenters. The summed E-state index contributed by atoms with van der Waals surface area (Å²) in [6.45, 7) is 2.93. The molecule has 3 aromatic carbocycles. The van der Waals surface area contributed by atoms with Crippen LogP contribution in [0.3, 0.4) is 0 Å². The number of aliphatic carboxylic acids is 3. The van der Waals surface area contributed by atoms with Gasteiger partial charge in [-0.05, 0) is 66.4 Å². The largest absolute Gasteiger partial charge is 0.506 e. The van der Waals surface area contributed by atoms with Crippen LogP contribution in [-0.2, 0) is 19.1 Å². The van der Waals surface area contributed by atoms with E-state index in [9.17, 15) is 44.4 Å². The van der Waals surface area contributed by atoms with E-state index >= 15 is 0 Å². The highest BCUT2D eigenvalue weighted by atomic mass is 35.5. The summed E-state index contributed by atoms with van der Waals surface area (Å²) in [4.78, 5) is 61.5. The molecule has 1 heterocycles. The summed E-state index contributed by atoms with van der Waals surface area (Å²) >= 11 is 12.7. The van der Waals surface area contributed by atoms with E-state index < -0.39 is 54.6 Å². The molecule has 14 nitrogen and oxygen atoms in total. The van der Waals surface area contributed by atoms with Crippen LogP contribution in [0, 0.1) is 13.8 Å². The molecule has 0 fully saturated rings. The number of aromatic hydroxyl groups is 1. The molecule has 55 heavy (non-hydrogen) atoms. The Morgan fingerprint density at radius 3 is 2.13 bits per heavy atom. The first-order valence-corrected chi connectivity index (χ1v) is 17.4. The summed E-state index contributed by atoms with van der Waals surface area (Å²) in [6, 6.07) is 13.6. The fourth-order valence-electron chi connectivity index (χ4n) is 6.21. The number of methoxy groups -OCH3 is 1. The van der Waals surface area contributed by atoms with Crippen molar-refractivity contribution in [3.63, 3.8) is 0 Å². The second kappa shape index (κ2) is 17.0. The monoisotopic (exact) mass is 795 g/mol. The highest BCUT2D eigenvalue weighted by Gasteiger charge is 2.27. The summed E-state index contributed by atoms with van der Waals surface area (Å²) in [5, 5.41) is 39.1. The Bertz CT molecular complexity index is 2320. The Hall–Kier alpha value is -5.99. The molecule has 2 aliphatic rings. The minimum atomic E-state index is -1.18. The number of fused-ring (bicyclic) bond motifs is 2. The maximum Gasteiger partial charge on any atom is 0.414 e. The zero-order chi connectivity index (χ0) is 40.1. The SMILES string of the molecule is COC(=O)N(CCC(=O)O)c1cc(C)c(-c2c3cc(Cl)c(=O)cc-3oc3cc(O)c(Cl)cc23)cc1OCCOc1cc(C)ccc1C(CC(=O)O)CC(=O)O. The van der Waals surface area contributed by atoms with Crippen molar-refractivity contribution < 1.29 is 58.2 Å². The van der Waals surface area contributed by atoms with Gasteiger partial charge in [0.05, 0.1) is 42.1 Å². The summed E-state index contributed by atoms with van der Waals surface area (Å²) in [6.07, 6.45) is -2.19. The number of aryl methyl sites for hydroxylation is 2. The van der Waals surface area contributed by atoms with Crippen molar-refractivity contribution in [3.8, 4) is 39.7 Å². The lowest BCUT2D eigenvalue weighted by molar-refractivity contribution is -0.140. The van der Waals surface area contributed by atoms with Crippen LogP contribution in [0.2, 0.25) is 10.0 Å². The van der Waals surface area contributed by atoms with Gasteiger partial charge < -0.3 is 39.1 Å². The van der Waals surface area contributed by atoms with Gasteiger partial charge in [-0.2, -0.15) is 0 Å². The number of nitrogens with zero attached hydrogens (tertiary/aromatic N) is 1. The van der Waals surface area contributed by atoms with E-state index in [0.717, 1.165) is 17.6 Å². The number of phenolic OH excluding ortho intramolecular Hbond substituents is 1. The molecule has 0 saturated heterocycles. The lowest BCUT2D eigenvalue weighted by Gasteiger charge is -2.26. The lowest BCUT2D eigenvalue weighted by Crippen LogP contribution is -2.33. The van der Waals surface area contributed by atoms with Crippen LogP contribution in [0.1, 0.15) is 41.9 Å². The number of phenols is 1. The predicted octanol–water partition coefficient (Wildman–Crippen LogP) is 7.73. The maximum atomic E-state index is 13.1. The van der Waals surface area contributed by atoms with Crippen LogP contribution in [0.25, 0.3) is 33.4 Å². The van der Waals surface area contributed by atoms with Crippen LogP contribution >= 0.6 is 23.2 Å². The van der Waals surface area contributed by atoms with Crippen molar-refractivity contribution in [3.05, 3.63) is 91.6 Å². The van der Waals surface area contributed by atoms with E-state index in [1.54, 1.807) is 44.2 Å². The molecular formula is C39H35Cl2NO13. The second-order valence-corrected chi connectivity index (χ2v) is 13.4. The van der Waals surface area contributed by atoms with Crippen molar-refractivity contribution >= 4 is 63.9 Å². The molecule has 5 rings (SSSR count). The number of carboxylic acids is 3. The van der Waals surface area contributed by atoms with Gasteiger partial charge in [0.15, 0.2) is 0 Å². The van der Waals surface area contributed by atoms with Crippen molar-refractivity contribution in [2.24, 2.45) is 0 Å². The minimum absolute atomic E-state index is 0.00717. The third kappa shape index (κ3) is 9.22. The number of halogens is 2. The lowest BCUT2D eigenvalue weighted by atomic mass is 9.90. The molecule has 0 radical (unpaired) electrons. The van der Waals surface area contributed by atoms with E-state index in [1.807, 2.05) is 0 Å². The van der Waals surface area contributed by atoms with Crippen LogP contribution in [0.15, 0.2) is 63.8 Å². The molecule has 4 N–H and O–H groups in total. The number of rotatable bonds is 15. The van der Waals surface area contributed by atoms with Crippen LogP contribution in [0.4, 0.5) is 10.5 Å². The summed E-state index contributed by atoms with van der Waals surface area (Å²) < 4.78 is 23.3. The Morgan fingerprint density at radius 1 is 0.818 bits per heavy atom. The average molecular weight is 797 g/mol. The quantitative estimate of drug-likeness (QED) is 0.0591. The molecule has 1 aliphatic carbocycles. The number of hydrogen-bond donors (Lipinski definition) is 4. The molecule has 0 bridgehead atoms. The minimum Gasteiger partial charge on any atom is -0.506 e. The van der Waals surface area contributed by atoms with Gasteiger partial charge >= 0.3 is 24.0 Å².